The highest BCUT2D eigenvalue weighted by Gasteiger charge is 2.33. The molecule has 4 rings (SSSR count). The van der Waals surface area contributed by atoms with Gasteiger partial charge in [0.1, 0.15) is 11.7 Å². The zero-order chi connectivity index (χ0) is 23.8. The van der Waals surface area contributed by atoms with Gasteiger partial charge < -0.3 is 10.2 Å². The summed E-state index contributed by atoms with van der Waals surface area (Å²) in [6.45, 7) is 2.43. The monoisotopic (exact) mass is 455 g/mol. The number of hydrogen-bond donors (Lipinski definition) is 1. The van der Waals surface area contributed by atoms with E-state index >= 15 is 0 Å². The number of pyridine rings is 1. The van der Waals surface area contributed by atoms with Crippen molar-refractivity contribution in [3.63, 3.8) is 0 Å². The number of benzene rings is 2. The molecule has 1 N–H and O–H groups in total. The molecule has 176 valence electrons. The first-order chi connectivity index (χ1) is 16.6. The van der Waals surface area contributed by atoms with E-state index in [0.717, 1.165) is 42.4 Å². The van der Waals surface area contributed by atoms with Crippen LogP contribution in [0.3, 0.4) is 0 Å². The molecule has 0 spiro atoms. The molecule has 1 saturated carbocycles. The van der Waals surface area contributed by atoms with Crippen molar-refractivity contribution in [2.75, 3.05) is 6.54 Å². The number of hydrogen-bond acceptors (Lipinski definition) is 3. The Morgan fingerprint density at radius 1 is 0.941 bits per heavy atom. The number of nitrogens with zero attached hydrogens (tertiary/aromatic N) is 2. The van der Waals surface area contributed by atoms with Gasteiger partial charge in [-0.3, -0.25) is 14.6 Å². The number of carbonyl (C=O) groups is 2. The van der Waals surface area contributed by atoms with E-state index in [-0.39, 0.29) is 17.9 Å². The zero-order valence-electron chi connectivity index (χ0n) is 19.8. The molecular weight excluding hydrogens is 422 g/mol. The summed E-state index contributed by atoms with van der Waals surface area (Å²) in [5.74, 6) is -0.353. The van der Waals surface area contributed by atoms with E-state index in [1.807, 2.05) is 61.5 Å². The summed E-state index contributed by atoms with van der Waals surface area (Å²) in [4.78, 5) is 33.5. The van der Waals surface area contributed by atoms with Gasteiger partial charge in [-0.15, -0.1) is 0 Å². The maximum Gasteiger partial charge on any atom is 0.273 e. The highest BCUT2D eigenvalue weighted by atomic mass is 16.2. The smallest absolute Gasteiger partial charge is 0.273 e. The minimum absolute atomic E-state index is 0.118. The van der Waals surface area contributed by atoms with E-state index < -0.39 is 6.04 Å². The van der Waals surface area contributed by atoms with Crippen LogP contribution in [0.5, 0.6) is 0 Å². The Bertz CT molecular complexity index is 1060. The number of amides is 2. The molecule has 0 radical (unpaired) electrons. The van der Waals surface area contributed by atoms with Crippen molar-refractivity contribution in [1.29, 1.82) is 0 Å². The second-order valence-corrected chi connectivity index (χ2v) is 9.11. The van der Waals surface area contributed by atoms with Crippen LogP contribution < -0.4 is 5.32 Å². The van der Waals surface area contributed by atoms with Crippen molar-refractivity contribution < 1.29 is 9.59 Å². The van der Waals surface area contributed by atoms with E-state index in [9.17, 15) is 9.59 Å². The lowest BCUT2D eigenvalue weighted by molar-refractivity contribution is -0.126. The minimum Gasteiger partial charge on any atom is -0.351 e. The summed E-state index contributed by atoms with van der Waals surface area (Å²) in [5, 5.41) is 3.26. The molecule has 1 aromatic heterocycles. The van der Waals surface area contributed by atoms with Crippen molar-refractivity contribution in [3.05, 3.63) is 101 Å². The largest absolute Gasteiger partial charge is 0.351 e. The Balaban J connectivity index is 1.68. The standard InChI is InChI=1S/C29H33N3O2/c1-22-15-17-24(18-16-22)27(28(33)31-25-12-6-3-7-13-25)32(21-19-23-10-4-2-5-11-23)29(34)26-14-8-9-20-30-26/h2,4-5,8-11,14-18,20,25,27H,3,6-7,12-13,19,21H2,1H3,(H,31,33). The van der Waals surface area contributed by atoms with Gasteiger partial charge in [0, 0.05) is 18.8 Å². The SMILES string of the molecule is Cc1ccc(C(C(=O)NC2CCCCC2)N(CCc2ccccc2)C(=O)c2ccccn2)cc1. The average Bonchev–Trinajstić information content (AvgIpc) is 2.88. The highest BCUT2D eigenvalue weighted by Crippen LogP contribution is 2.26. The van der Waals surface area contributed by atoms with Gasteiger partial charge in [0.05, 0.1) is 0 Å². The minimum atomic E-state index is -0.722. The van der Waals surface area contributed by atoms with Crippen LogP contribution in [0.4, 0.5) is 0 Å². The van der Waals surface area contributed by atoms with Crippen molar-refractivity contribution in [3.8, 4) is 0 Å². The Morgan fingerprint density at radius 2 is 1.65 bits per heavy atom. The molecular formula is C29H33N3O2. The summed E-state index contributed by atoms with van der Waals surface area (Å²) >= 11 is 0. The summed E-state index contributed by atoms with van der Waals surface area (Å²) in [7, 11) is 0. The van der Waals surface area contributed by atoms with Crippen LogP contribution in [0.25, 0.3) is 0 Å². The molecule has 0 aliphatic heterocycles. The molecule has 1 aliphatic carbocycles. The van der Waals surface area contributed by atoms with Crippen molar-refractivity contribution in [1.82, 2.24) is 15.2 Å². The Labute approximate surface area is 202 Å². The molecule has 0 bridgehead atoms. The van der Waals surface area contributed by atoms with Crippen molar-refractivity contribution in [2.24, 2.45) is 0 Å². The summed E-state index contributed by atoms with van der Waals surface area (Å²) in [6.07, 6.45) is 7.73. The number of rotatable bonds is 8. The Morgan fingerprint density at radius 3 is 2.32 bits per heavy atom. The highest BCUT2D eigenvalue weighted by molar-refractivity contribution is 5.96. The zero-order valence-corrected chi connectivity index (χ0v) is 19.8. The maximum absolute atomic E-state index is 13.8. The lowest BCUT2D eigenvalue weighted by atomic mass is 9.94. The molecule has 34 heavy (non-hydrogen) atoms. The van der Waals surface area contributed by atoms with Crippen LogP contribution >= 0.6 is 0 Å². The Hall–Kier alpha value is -3.47. The Kier molecular flexibility index (Phi) is 8.08. The number of aromatic nitrogens is 1. The van der Waals surface area contributed by atoms with Gasteiger partial charge in [0.25, 0.3) is 5.91 Å². The first kappa shape index (κ1) is 23.7. The fraction of sp³-hybridized carbons (Fsp3) is 0.345. The van der Waals surface area contributed by atoms with Gasteiger partial charge in [-0.2, -0.15) is 0 Å². The molecule has 1 heterocycles. The third-order valence-electron chi connectivity index (χ3n) is 6.53. The lowest BCUT2D eigenvalue weighted by Gasteiger charge is -2.33. The summed E-state index contributed by atoms with van der Waals surface area (Å²) in [5.41, 5.74) is 3.40. The van der Waals surface area contributed by atoms with Gasteiger partial charge in [-0.1, -0.05) is 85.5 Å². The van der Waals surface area contributed by atoms with Crippen LogP contribution in [0.1, 0.15) is 65.3 Å². The first-order valence-corrected chi connectivity index (χ1v) is 12.2. The number of nitrogens with one attached hydrogen (secondary N) is 1. The topological polar surface area (TPSA) is 62.3 Å². The molecule has 1 fully saturated rings. The maximum atomic E-state index is 13.8. The lowest BCUT2D eigenvalue weighted by Crippen LogP contribution is -2.47. The van der Waals surface area contributed by atoms with Gasteiger partial charge in [-0.25, -0.2) is 0 Å². The molecule has 1 atom stereocenters. The van der Waals surface area contributed by atoms with Gasteiger partial charge in [-0.05, 0) is 49.4 Å². The van der Waals surface area contributed by atoms with E-state index in [1.54, 1.807) is 29.3 Å². The molecule has 2 aromatic carbocycles. The van der Waals surface area contributed by atoms with Crippen molar-refractivity contribution in [2.45, 2.75) is 57.5 Å². The quantitative estimate of drug-likeness (QED) is 0.504. The molecule has 2 amide bonds. The fourth-order valence-electron chi connectivity index (χ4n) is 4.63. The van der Waals surface area contributed by atoms with Crippen molar-refractivity contribution >= 4 is 11.8 Å². The van der Waals surface area contributed by atoms with E-state index in [2.05, 4.69) is 10.3 Å². The fourth-order valence-corrected chi connectivity index (χ4v) is 4.63. The van der Waals surface area contributed by atoms with Crippen LogP contribution in [0.15, 0.2) is 79.0 Å². The van der Waals surface area contributed by atoms with E-state index in [0.29, 0.717) is 18.7 Å². The van der Waals surface area contributed by atoms with Gasteiger partial charge in [0.15, 0.2) is 0 Å². The third kappa shape index (κ3) is 6.10. The van der Waals surface area contributed by atoms with Crippen LogP contribution in [-0.4, -0.2) is 34.3 Å². The number of aryl methyl sites for hydroxylation is 1. The molecule has 1 aliphatic rings. The first-order valence-electron chi connectivity index (χ1n) is 12.2. The summed E-state index contributed by atoms with van der Waals surface area (Å²) in [6, 6.07) is 22.7. The second-order valence-electron chi connectivity index (χ2n) is 9.11. The van der Waals surface area contributed by atoms with Gasteiger partial charge >= 0.3 is 0 Å². The summed E-state index contributed by atoms with van der Waals surface area (Å²) < 4.78 is 0. The van der Waals surface area contributed by atoms with Crippen LogP contribution in [-0.2, 0) is 11.2 Å². The molecule has 5 nitrogen and oxygen atoms in total. The predicted octanol–water partition coefficient (Wildman–Crippen LogP) is 5.27. The molecule has 1 unspecified atom stereocenters. The normalized spacial score (nSPS) is 14.9. The molecule has 5 heteroatoms. The third-order valence-corrected chi connectivity index (χ3v) is 6.53. The molecule has 3 aromatic rings. The van der Waals surface area contributed by atoms with Crippen LogP contribution in [0, 0.1) is 6.92 Å². The average molecular weight is 456 g/mol. The van der Waals surface area contributed by atoms with Crippen LogP contribution in [0.2, 0.25) is 0 Å². The number of carbonyl (C=O) groups excluding carboxylic acids is 2. The van der Waals surface area contributed by atoms with Gasteiger partial charge in [0.2, 0.25) is 5.91 Å². The predicted molar refractivity (Wildman–Crippen MR) is 134 cm³/mol. The van der Waals surface area contributed by atoms with E-state index in [4.69, 9.17) is 0 Å². The molecule has 0 saturated heterocycles. The van der Waals surface area contributed by atoms with E-state index in [1.165, 1.54) is 6.42 Å². The second kappa shape index (κ2) is 11.6.